The molecular formula is C14H15BrN2O3. The van der Waals surface area contributed by atoms with Crippen LogP contribution >= 0.6 is 15.9 Å². The molecule has 1 atom stereocenters. The summed E-state index contributed by atoms with van der Waals surface area (Å²) in [5.74, 6) is -3.02. The van der Waals surface area contributed by atoms with Crippen LogP contribution in [0.3, 0.4) is 0 Å². The summed E-state index contributed by atoms with van der Waals surface area (Å²) >= 11 is 3.23. The number of aliphatic carboxylic acids is 1. The molecule has 0 aliphatic rings. The van der Waals surface area contributed by atoms with Crippen molar-refractivity contribution in [2.45, 2.75) is 20.8 Å². The molecule has 0 aromatic heterocycles. The number of carboxylic acid groups (broad SMARTS) is 1. The van der Waals surface area contributed by atoms with Crippen molar-refractivity contribution in [3.8, 4) is 6.07 Å². The molecule has 0 aliphatic heterocycles. The Labute approximate surface area is 125 Å². The lowest BCUT2D eigenvalue weighted by Gasteiger charge is -2.26. The first kappa shape index (κ1) is 16.2. The smallest absolute Gasteiger partial charge is 0.316 e. The van der Waals surface area contributed by atoms with Gasteiger partial charge in [0.2, 0.25) is 5.91 Å². The maximum absolute atomic E-state index is 12.1. The molecule has 106 valence electrons. The van der Waals surface area contributed by atoms with Crippen molar-refractivity contribution in [3.05, 3.63) is 28.2 Å². The average molecular weight is 339 g/mol. The zero-order valence-electron chi connectivity index (χ0n) is 11.4. The minimum atomic E-state index is -1.20. The molecule has 1 aromatic rings. The number of nitrogens with one attached hydrogen (secondary N) is 1. The normalized spacial score (nSPS) is 12.3. The van der Waals surface area contributed by atoms with E-state index in [9.17, 15) is 14.7 Å². The van der Waals surface area contributed by atoms with Crippen molar-refractivity contribution in [2.24, 2.45) is 11.3 Å². The van der Waals surface area contributed by atoms with Crippen LogP contribution in [0.4, 0.5) is 5.69 Å². The van der Waals surface area contributed by atoms with Crippen molar-refractivity contribution in [3.63, 3.8) is 0 Å². The molecule has 1 amide bonds. The number of anilines is 1. The van der Waals surface area contributed by atoms with Crippen LogP contribution in [0.25, 0.3) is 0 Å². The van der Waals surface area contributed by atoms with Crippen molar-refractivity contribution in [1.82, 2.24) is 0 Å². The monoisotopic (exact) mass is 338 g/mol. The second-order valence-corrected chi connectivity index (χ2v) is 6.34. The maximum atomic E-state index is 12.1. The van der Waals surface area contributed by atoms with Gasteiger partial charge < -0.3 is 10.4 Å². The zero-order chi connectivity index (χ0) is 15.5. The predicted octanol–water partition coefficient (Wildman–Crippen LogP) is 3.01. The fraction of sp³-hybridized carbons (Fsp3) is 0.357. The number of hydrogen-bond donors (Lipinski definition) is 2. The Morgan fingerprint density at radius 3 is 2.45 bits per heavy atom. The van der Waals surface area contributed by atoms with Crippen LogP contribution in [0.5, 0.6) is 0 Å². The molecule has 0 aliphatic carbocycles. The third kappa shape index (κ3) is 3.81. The van der Waals surface area contributed by atoms with Crippen LogP contribution in [0.2, 0.25) is 0 Å². The molecule has 5 nitrogen and oxygen atoms in total. The highest BCUT2D eigenvalue weighted by Gasteiger charge is 2.37. The number of carboxylic acids is 1. The predicted molar refractivity (Wildman–Crippen MR) is 78.1 cm³/mol. The number of carbonyl (C=O) groups is 2. The Bertz CT molecular complexity index is 585. The number of amides is 1. The Morgan fingerprint density at radius 1 is 1.40 bits per heavy atom. The van der Waals surface area contributed by atoms with E-state index in [4.69, 9.17) is 5.26 Å². The van der Waals surface area contributed by atoms with E-state index in [0.717, 1.165) is 0 Å². The van der Waals surface area contributed by atoms with Gasteiger partial charge in [-0.05, 0) is 23.6 Å². The molecule has 0 bridgehead atoms. The van der Waals surface area contributed by atoms with Gasteiger partial charge >= 0.3 is 5.97 Å². The molecule has 1 aromatic carbocycles. The minimum Gasteiger partial charge on any atom is -0.481 e. The first-order chi connectivity index (χ1) is 9.16. The Hall–Kier alpha value is -1.87. The quantitative estimate of drug-likeness (QED) is 0.829. The van der Waals surface area contributed by atoms with Crippen LogP contribution in [-0.2, 0) is 9.59 Å². The molecule has 20 heavy (non-hydrogen) atoms. The number of carbonyl (C=O) groups excluding carboxylic acids is 1. The summed E-state index contributed by atoms with van der Waals surface area (Å²) in [6, 6.07) is 6.74. The molecule has 0 radical (unpaired) electrons. The lowest BCUT2D eigenvalue weighted by Crippen LogP contribution is -2.39. The van der Waals surface area contributed by atoms with Crippen LogP contribution in [-0.4, -0.2) is 17.0 Å². The molecule has 0 saturated carbocycles. The van der Waals surface area contributed by atoms with E-state index in [2.05, 4.69) is 21.2 Å². The summed E-state index contributed by atoms with van der Waals surface area (Å²) in [4.78, 5) is 23.4. The summed E-state index contributed by atoms with van der Waals surface area (Å²) in [5.41, 5.74) is -0.153. The van der Waals surface area contributed by atoms with Crippen LogP contribution in [0.15, 0.2) is 22.7 Å². The second-order valence-electron chi connectivity index (χ2n) is 5.43. The van der Waals surface area contributed by atoms with E-state index in [-0.39, 0.29) is 5.56 Å². The lowest BCUT2D eigenvalue weighted by molar-refractivity contribution is -0.149. The Kier molecular flexibility index (Phi) is 4.90. The average Bonchev–Trinajstić information content (AvgIpc) is 2.28. The number of benzene rings is 1. The molecule has 0 fully saturated rings. The number of rotatable bonds is 3. The molecule has 0 heterocycles. The molecule has 1 rings (SSSR count). The number of nitrogens with zero attached hydrogens (tertiary/aromatic N) is 1. The van der Waals surface area contributed by atoms with Crippen molar-refractivity contribution in [2.75, 3.05) is 5.32 Å². The summed E-state index contributed by atoms with van der Waals surface area (Å²) in [6.07, 6.45) is 0. The van der Waals surface area contributed by atoms with Gasteiger partial charge in [0.05, 0.1) is 11.3 Å². The fourth-order valence-corrected chi connectivity index (χ4v) is 2.16. The van der Waals surface area contributed by atoms with E-state index in [1.165, 1.54) is 0 Å². The van der Waals surface area contributed by atoms with Gasteiger partial charge in [-0.3, -0.25) is 9.59 Å². The highest BCUT2D eigenvalue weighted by molar-refractivity contribution is 9.10. The molecule has 0 spiro atoms. The lowest BCUT2D eigenvalue weighted by atomic mass is 9.80. The molecule has 0 saturated heterocycles. The number of halogens is 1. The molecule has 1 unspecified atom stereocenters. The van der Waals surface area contributed by atoms with Gasteiger partial charge in [-0.1, -0.05) is 36.7 Å². The van der Waals surface area contributed by atoms with Crippen molar-refractivity contribution >= 4 is 33.5 Å². The van der Waals surface area contributed by atoms with Gasteiger partial charge in [-0.25, -0.2) is 0 Å². The van der Waals surface area contributed by atoms with Crippen molar-refractivity contribution in [1.29, 1.82) is 5.26 Å². The Morgan fingerprint density at radius 2 is 2.00 bits per heavy atom. The minimum absolute atomic E-state index is 0.269. The van der Waals surface area contributed by atoms with Crippen LogP contribution in [0.1, 0.15) is 26.3 Å². The third-order valence-electron chi connectivity index (χ3n) is 2.74. The number of hydrogen-bond acceptors (Lipinski definition) is 3. The fourth-order valence-electron chi connectivity index (χ4n) is 1.80. The van der Waals surface area contributed by atoms with Gasteiger partial charge in [-0.15, -0.1) is 0 Å². The molecule has 6 heteroatoms. The maximum Gasteiger partial charge on any atom is 0.316 e. The van der Waals surface area contributed by atoms with E-state index in [1.807, 2.05) is 6.07 Å². The van der Waals surface area contributed by atoms with Gasteiger partial charge in [0.15, 0.2) is 0 Å². The third-order valence-corrected chi connectivity index (χ3v) is 3.23. The summed E-state index contributed by atoms with van der Waals surface area (Å²) in [7, 11) is 0. The highest BCUT2D eigenvalue weighted by Crippen LogP contribution is 2.28. The van der Waals surface area contributed by atoms with E-state index in [1.54, 1.807) is 39.0 Å². The van der Waals surface area contributed by atoms with E-state index < -0.39 is 23.2 Å². The molecule has 2 N–H and O–H groups in total. The largest absolute Gasteiger partial charge is 0.481 e. The first-order valence-corrected chi connectivity index (χ1v) is 6.69. The Balaban J connectivity index is 3.07. The van der Waals surface area contributed by atoms with Crippen molar-refractivity contribution < 1.29 is 14.7 Å². The number of nitriles is 1. The zero-order valence-corrected chi connectivity index (χ0v) is 13.0. The summed E-state index contributed by atoms with van der Waals surface area (Å²) in [6.45, 7) is 5.04. The summed E-state index contributed by atoms with van der Waals surface area (Å²) < 4.78 is 0.706. The van der Waals surface area contributed by atoms with Crippen LogP contribution in [0, 0.1) is 22.7 Å². The second kappa shape index (κ2) is 6.06. The highest BCUT2D eigenvalue weighted by atomic mass is 79.9. The first-order valence-electron chi connectivity index (χ1n) is 5.90. The van der Waals surface area contributed by atoms with Gasteiger partial charge in [0.1, 0.15) is 12.0 Å². The standard InChI is InChI=1S/C14H15BrN2O3/c1-14(2,3)11(13(19)20)12(18)17-10-5-4-9(15)6-8(10)7-16/h4-6,11H,1-3H3,(H,17,18)(H,19,20). The van der Waals surface area contributed by atoms with E-state index in [0.29, 0.717) is 10.2 Å². The SMILES string of the molecule is CC(C)(C)C(C(=O)O)C(=O)Nc1ccc(Br)cc1C#N. The van der Waals surface area contributed by atoms with Crippen LogP contribution < -0.4 is 5.32 Å². The van der Waals surface area contributed by atoms with Gasteiger partial charge in [-0.2, -0.15) is 5.26 Å². The van der Waals surface area contributed by atoms with Gasteiger partial charge in [0, 0.05) is 4.47 Å². The van der Waals surface area contributed by atoms with E-state index >= 15 is 0 Å². The molecular weight excluding hydrogens is 324 g/mol. The summed E-state index contributed by atoms with van der Waals surface area (Å²) in [5, 5.41) is 20.7. The topological polar surface area (TPSA) is 90.2 Å². The van der Waals surface area contributed by atoms with Gasteiger partial charge in [0.25, 0.3) is 0 Å².